The standard InChI is InChI=1S/C6H6IP/c7-5-6-3-1-2-4-8-6/h1-4H,5H2. The molecule has 1 heterocycles. The molecule has 42 valence electrons. The maximum absolute atomic E-state index is 2.38. The van der Waals surface area contributed by atoms with E-state index in [0.717, 1.165) is 4.43 Å². The van der Waals surface area contributed by atoms with Crippen LogP contribution in [0, 0.1) is 0 Å². The van der Waals surface area contributed by atoms with Crippen LogP contribution in [-0.2, 0) is 4.43 Å². The molecule has 0 saturated heterocycles. The molecule has 1 aromatic heterocycles. The fourth-order valence-corrected chi connectivity index (χ4v) is 1.94. The van der Waals surface area contributed by atoms with Crippen LogP contribution in [0.5, 0.6) is 0 Å². The zero-order chi connectivity index (χ0) is 5.82. The van der Waals surface area contributed by atoms with Gasteiger partial charge in [-0.3, -0.25) is 0 Å². The molecular formula is C6H6IP. The van der Waals surface area contributed by atoms with Crippen molar-refractivity contribution < 1.29 is 0 Å². The van der Waals surface area contributed by atoms with Gasteiger partial charge in [-0.15, -0.1) is 0 Å². The van der Waals surface area contributed by atoms with Crippen LogP contribution in [0.1, 0.15) is 5.30 Å². The minimum Gasteiger partial charge on any atom is -0.0808 e. The largest absolute Gasteiger partial charge is 0.0808 e. The summed E-state index contributed by atoms with van der Waals surface area (Å²) >= 11 is 2.38. The molecule has 1 aromatic rings. The van der Waals surface area contributed by atoms with Gasteiger partial charge < -0.3 is 0 Å². The number of rotatable bonds is 1. The van der Waals surface area contributed by atoms with Gasteiger partial charge in [0.15, 0.2) is 0 Å². The predicted octanol–water partition coefficient (Wildman–Crippen LogP) is 3.20. The summed E-state index contributed by atoms with van der Waals surface area (Å²) in [7, 11) is 1.37. The van der Waals surface area contributed by atoms with Crippen LogP contribution in [-0.4, -0.2) is 0 Å². The van der Waals surface area contributed by atoms with Crippen LogP contribution in [0.2, 0.25) is 0 Å². The Bertz CT molecular complexity index is 150. The summed E-state index contributed by atoms with van der Waals surface area (Å²) in [5.41, 5.74) is 0. The highest BCUT2D eigenvalue weighted by atomic mass is 127. The first kappa shape index (κ1) is 6.50. The summed E-state index contributed by atoms with van der Waals surface area (Å²) in [4.78, 5) is 0. The van der Waals surface area contributed by atoms with Crippen molar-refractivity contribution in [2.24, 2.45) is 0 Å². The van der Waals surface area contributed by atoms with Gasteiger partial charge in [-0.2, -0.15) is 0 Å². The molecule has 0 spiro atoms. The summed E-state index contributed by atoms with van der Waals surface area (Å²) in [6.07, 6.45) is 0. The maximum Gasteiger partial charge on any atom is 0.0290 e. The Labute approximate surface area is 64.6 Å². The van der Waals surface area contributed by atoms with E-state index in [1.165, 1.54) is 13.5 Å². The van der Waals surface area contributed by atoms with Gasteiger partial charge in [0.05, 0.1) is 0 Å². The van der Waals surface area contributed by atoms with E-state index in [1.54, 1.807) is 0 Å². The van der Waals surface area contributed by atoms with Crippen molar-refractivity contribution in [3.8, 4) is 0 Å². The molecular weight excluding hydrogens is 230 g/mol. The summed E-state index contributed by atoms with van der Waals surface area (Å²) in [5, 5.41) is 1.49. The van der Waals surface area contributed by atoms with Gasteiger partial charge in [-0.25, -0.2) is 0 Å². The smallest absolute Gasteiger partial charge is 0.0290 e. The second-order valence-corrected chi connectivity index (χ2v) is 3.35. The van der Waals surface area contributed by atoms with Gasteiger partial charge in [0.1, 0.15) is 0 Å². The molecule has 2 heteroatoms. The van der Waals surface area contributed by atoms with E-state index in [9.17, 15) is 0 Å². The van der Waals surface area contributed by atoms with Crippen LogP contribution in [0.4, 0.5) is 0 Å². The molecule has 0 aromatic carbocycles. The van der Waals surface area contributed by atoms with E-state index < -0.39 is 0 Å². The Kier molecular flexibility index (Phi) is 2.77. The molecule has 0 N–H and O–H groups in total. The Hall–Kier alpha value is 0.380. The Balaban J connectivity index is 2.83. The summed E-state index contributed by atoms with van der Waals surface area (Å²) in [6, 6.07) is 6.34. The molecule has 8 heavy (non-hydrogen) atoms. The molecule has 0 saturated carbocycles. The summed E-state index contributed by atoms with van der Waals surface area (Å²) in [5.74, 6) is 2.16. The maximum atomic E-state index is 2.38. The third kappa shape index (κ3) is 1.71. The number of alkyl halides is 1. The second-order valence-electron chi connectivity index (χ2n) is 1.45. The quantitative estimate of drug-likeness (QED) is 0.518. The van der Waals surface area contributed by atoms with Crippen molar-refractivity contribution in [1.29, 1.82) is 0 Å². The Morgan fingerprint density at radius 2 is 2.38 bits per heavy atom. The topological polar surface area (TPSA) is 0 Å². The van der Waals surface area contributed by atoms with E-state index in [2.05, 4.69) is 46.6 Å². The molecule has 0 nitrogen and oxygen atoms in total. The zero-order valence-corrected chi connectivity index (χ0v) is 7.39. The number of hydrogen-bond donors (Lipinski definition) is 0. The molecule has 0 aliphatic carbocycles. The number of hydrogen-bond acceptors (Lipinski definition) is 0. The van der Waals surface area contributed by atoms with Gasteiger partial charge in [0, 0.05) is 4.43 Å². The van der Waals surface area contributed by atoms with E-state index >= 15 is 0 Å². The van der Waals surface area contributed by atoms with Gasteiger partial charge in [-0.1, -0.05) is 49.0 Å². The molecule has 0 amide bonds. The van der Waals surface area contributed by atoms with Crippen molar-refractivity contribution >= 4 is 30.8 Å². The van der Waals surface area contributed by atoms with Crippen LogP contribution in [0.15, 0.2) is 24.0 Å². The van der Waals surface area contributed by atoms with E-state index in [1.807, 2.05) is 0 Å². The molecule has 0 aliphatic heterocycles. The van der Waals surface area contributed by atoms with Crippen molar-refractivity contribution in [2.45, 2.75) is 4.43 Å². The minimum absolute atomic E-state index is 1.15. The Morgan fingerprint density at radius 1 is 1.50 bits per heavy atom. The highest BCUT2D eigenvalue weighted by molar-refractivity contribution is 14.1. The first-order chi connectivity index (χ1) is 3.93. The molecule has 0 aliphatic rings. The first-order valence-corrected chi connectivity index (χ1v) is 4.88. The summed E-state index contributed by atoms with van der Waals surface area (Å²) in [6.45, 7) is 0. The lowest BCUT2D eigenvalue weighted by Gasteiger charge is -1.87. The fraction of sp³-hybridized carbons (Fsp3) is 0.167. The second kappa shape index (κ2) is 3.41. The van der Waals surface area contributed by atoms with Gasteiger partial charge in [0.25, 0.3) is 0 Å². The van der Waals surface area contributed by atoms with E-state index in [0.29, 0.717) is 0 Å². The Morgan fingerprint density at radius 3 is 2.75 bits per heavy atom. The molecule has 0 bridgehead atoms. The van der Waals surface area contributed by atoms with Crippen molar-refractivity contribution in [1.82, 2.24) is 0 Å². The fourth-order valence-electron chi connectivity index (χ4n) is 0.477. The molecule has 0 atom stereocenters. The predicted molar refractivity (Wildman–Crippen MR) is 46.7 cm³/mol. The molecule has 0 radical (unpaired) electrons. The lowest BCUT2D eigenvalue weighted by Crippen LogP contribution is -1.63. The van der Waals surface area contributed by atoms with Crippen molar-refractivity contribution in [3.05, 3.63) is 29.3 Å². The van der Waals surface area contributed by atoms with Crippen LogP contribution >= 0.6 is 30.8 Å². The van der Waals surface area contributed by atoms with Crippen LogP contribution in [0.25, 0.3) is 0 Å². The molecule has 0 fully saturated rings. The third-order valence-corrected chi connectivity index (χ3v) is 3.25. The lowest BCUT2D eigenvalue weighted by molar-refractivity contribution is 1.59. The third-order valence-electron chi connectivity index (χ3n) is 0.863. The van der Waals surface area contributed by atoms with Gasteiger partial charge in [-0.05, 0) is 11.1 Å². The van der Waals surface area contributed by atoms with Gasteiger partial charge in [0.2, 0.25) is 0 Å². The van der Waals surface area contributed by atoms with E-state index in [-0.39, 0.29) is 0 Å². The van der Waals surface area contributed by atoms with Crippen molar-refractivity contribution in [3.63, 3.8) is 0 Å². The van der Waals surface area contributed by atoms with Crippen LogP contribution < -0.4 is 0 Å². The minimum atomic E-state index is 1.15. The number of halogens is 1. The zero-order valence-electron chi connectivity index (χ0n) is 4.34. The highest BCUT2D eigenvalue weighted by Crippen LogP contribution is 2.15. The first-order valence-electron chi connectivity index (χ1n) is 2.39. The highest BCUT2D eigenvalue weighted by Gasteiger charge is 1.82. The lowest BCUT2D eigenvalue weighted by atomic mass is 10.5. The van der Waals surface area contributed by atoms with Crippen molar-refractivity contribution in [2.75, 3.05) is 0 Å². The molecule has 0 unspecified atom stereocenters. The average Bonchev–Trinajstić information content (AvgIpc) is 1.90. The van der Waals surface area contributed by atoms with Gasteiger partial charge >= 0.3 is 0 Å². The van der Waals surface area contributed by atoms with Crippen LogP contribution in [0.3, 0.4) is 0 Å². The average molecular weight is 236 g/mol. The normalized spacial score (nSPS) is 10.1. The van der Waals surface area contributed by atoms with E-state index in [4.69, 9.17) is 0 Å². The molecule has 1 rings (SSSR count). The monoisotopic (exact) mass is 236 g/mol. The SMILES string of the molecule is ICc1ccccp1. The summed E-state index contributed by atoms with van der Waals surface area (Å²) < 4.78 is 1.15.